The molecule has 0 amide bonds. The third-order valence-electron chi connectivity index (χ3n) is 3.70. The molecule has 1 aliphatic rings. The lowest BCUT2D eigenvalue weighted by Gasteiger charge is -2.16. The van der Waals surface area contributed by atoms with Crippen molar-refractivity contribution in [2.24, 2.45) is 11.8 Å². The molecule has 1 N–H and O–H groups in total. The molecule has 0 bridgehead atoms. The highest BCUT2D eigenvalue weighted by Gasteiger charge is 2.20. The van der Waals surface area contributed by atoms with E-state index in [2.05, 4.69) is 31.0 Å². The minimum absolute atomic E-state index is 0.781. The highest BCUT2D eigenvalue weighted by atomic mass is 15.1. The summed E-state index contributed by atoms with van der Waals surface area (Å²) in [6, 6.07) is 0. The van der Waals surface area contributed by atoms with Crippen LogP contribution in [0.4, 0.5) is 0 Å². The summed E-state index contributed by atoms with van der Waals surface area (Å²) < 4.78 is 0. The SMILES string of the molecule is CCCC1CCN(CCCCNCC(C)C)C1. The van der Waals surface area contributed by atoms with Gasteiger partial charge in [0.05, 0.1) is 0 Å². The molecule has 1 aliphatic heterocycles. The molecule has 2 nitrogen and oxygen atoms in total. The first-order chi connectivity index (χ1) is 8.22. The molecule has 1 heterocycles. The number of nitrogens with zero attached hydrogens (tertiary/aromatic N) is 1. The molecule has 0 aromatic rings. The third kappa shape index (κ3) is 7.05. The molecule has 0 saturated carbocycles. The highest BCUT2D eigenvalue weighted by Crippen LogP contribution is 2.20. The Balaban J connectivity index is 1.90. The summed E-state index contributed by atoms with van der Waals surface area (Å²) in [5.74, 6) is 1.78. The monoisotopic (exact) mass is 240 g/mol. The molecule has 1 unspecified atom stereocenters. The van der Waals surface area contributed by atoms with Gasteiger partial charge in [0.2, 0.25) is 0 Å². The van der Waals surface area contributed by atoms with E-state index >= 15 is 0 Å². The van der Waals surface area contributed by atoms with E-state index in [-0.39, 0.29) is 0 Å². The molecular weight excluding hydrogens is 208 g/mol. The van der Waals surface area contributed by atoms with E-state index in [1.807, 2.05) is 0 Å². The van der Waals surface area contributed by atoms with Crippen LogP contribution in [0.15, 0.2) is 0 Å². The Kier molecular flexibility index (Phi) is 7.87. The summed E-state index contributed by atoms with van der Waals surface area (Å²) in [5.41, 5.74) is 0. The van der Waals surface area contributed by atoms with Crippen LogP contribution in [0.5, 0.6) is 0 Å². The van der Waals surface area contributed by atoms with E-state index in [0.29, 0.717) is 0 Å². The summed E-state index contributed by atoms with van der Waals surface area (Å²) in [7, 11) is 0. The molecular formula is C15H32N2. The van der Waals surface area contributed by atoms with Crippen LogP contribution in [-0.4, -0.2) is 37.6 Å². The Morgan fingerprint density at radius 3 is 2.82 bits per heavy atom. The Bertz CT molecular complexity index is 180. The van der Waals surface area contributed by atoms with Gasteiger partial charge in [0.15, 0.2) is 0 Å². The quantitative estimate of drug-likeness (QED) is 0.623. The molecule has 102 valence electrons. The van der Waals surface area contributed by atoms with Crippen molar-refractivity contribution in [1.29, 1.82) is 0 Å². The lowest BCUT2D eigenvalue weighted by molar-refractivity contribution is 0.311. The molecule has 0 aromatic heterocycles. The second kappa shape index (κ2) is 8.93. The second-order valence-corrected chi connectivity index (χ2v) is 6.05. The summed E-state index contributed by atoms with van der Waals surface area (Å²) in [5, 5.41) is 3.52. The predicted molar refractivity (Wildman–Crippen MR) is 76.4 cm³/mol. The number of hydrogen-bond acceptors (Lipinski definition) is 2. The predicted octanol–water partition coefficient (Wildman–Crippen LogP) is 3.13. The van der Waals surface area contributed by atoms with E-state index < -0.39 is 0 Å². The Morgan fingerprint density at radius 2 is 2.12 bits per heavy atom. The summed E-state index contributed by atoms with van der Waals surface area (Å²) in [4.78, 5) is 2.67. The molecule has 0 spiro atoms. The van der Waals surface area contributed by atoms with Crippen molar-refractivity contribution in [3.63, 3.8) is 0 Å². The first kappa shape index (κ1) is 15.0. The zero-order valence-corrected chi connectivity index (χ0v) is 12.2. The van der Waals surface area contributed by atoms with Crippen molar-refractivity contribution >= 4 is 0 Å². The fourth-order valence-electron chi connectivity index (χ4n) is 2.74. The van der Waals surface area contributed by atoms with Gasteiger partial charge in [-0.05, 0) is 63.7 Å². The van der Waals surface area contributed by atoms with Crippen LogP contribution in [0, 0.1) is 11.8 Å². The van der Waals surface area contributed by atoms with Gasteiger partial charge in [-0.2, -0.15) is 0 Å². The van der Waals surface area contributed by atoms with E-state index in [1.165, 1.54) is 64.8 Å². The molecule has 1 fully saturated rings. The lowest BCUT2D eigenvalue weighted by atomic mass is 10.0. The number of hydrogen-bond donors (Lipinski definition) is 1. The molecule has 0 aromatic carbocycles. The summed E-state index contributed by atoms with van der Waals surface area (Å²) in [6.45, 7) is 13.3. The van der Waals surface area contributed by atoms with Crippen LogP contribution in [0.3, 0.4) is 0 Å². The van der Waals surface area contributed by atoms with Crippen molar-refractivity contribution in [3.05, 3.63) is 0 Å². The average Bonchev–Trinajstić information content (AvgIpc) is 2.71. The van der Waals surface area contributed by atoms with Crippen LogP contribution in [0.1, 0.15) is 52.9 Å². The van der Waals surface area contributed by atoms with Crippen molar-refractivity contribution in [2.45, 2.75) is 52.9 Å². The van der Waals surface area contributed by atoms with Crippen molar-refractivity contribution < 1.29 is 0 Å². The van der Waals surface area contributed by atoms with E-state index in [4.69, 9.17) is 0 Å². The van der Waals surface area contributed by atoms with Gasteiger partial charge in [-0.1, -0.05) is 27.2 Å². The van der Waals surface area contributed by atoms with Crippen LogP contribution in [-0.2, 0) is 0 Å². The summed E-state index contributed by atoms with van der Waals surface area (Å²) >= 11 is 0. The fraction of sp³-hybridized carbons (Fsp3) is 1.00. The van der Waals surface area contributed by atoms with Gasteiger partial charge in [0, 0.05) is 6.54 Å². The smallest absolute Gasteiger partial charge is 0.00101 e. The van der Waals surface area contributed by atoms with Gasteiger partial charge in [0.25, 0.3) is 0 Å². The van der Waals surface area contributed by atoms with Crippen LogP contribution in [0.25, 0.3) is 0 Å². The van der Waals surface area contributed by atoms with Crippen LogP contribution >= 0.6 is 0 Å². The highest BCUT2D eigenvalue weighted by molar-refractivity contribution is 4.75. The maximum atomic E-state index is 3.52. The van der Waals surface area contributed by atoms with Gasteiger partial charge < -0.3 is 10.2 Å². The van der Waals surface area contributed by atoms with E-state index in [1.54, 1.807) is 0 Å². The molecule has 1 atom stereocenters. The largest absolute Gasteiger partial charge is 0.316 e. The van der Waals surface area contributed by atoms with Gasteiger partial charge >= 0.3 is 0 Å². The molecule has 17 heavy (non-hydrogen) atoms. The maximum Gasteiger partial charge on any atom is 0.00101 e. The van der Waals surface area contributed by atoms with Gasteiger partial charge in [-0.25, -0.2) is 0 Å². The molecule has 1 saturated heterocycles. The molecule has 2 heteroatoms. The van der Waals surface area contributed by atoms with E-state index in [0.717, 1.165) is 11.8 Å². The molecule has 1 rings (SSSR count). The zero-order chi connectivity index (χ0) is 12.5. The fourth-order valence-corrected chi connectivity index (χ4v) is 2.74. The van der Waals surface area contributed by atoms with Crippen LogP contribution in [0.2, 0.25) is 0 Å². The van der Waals surface area contributed by atoms with Crippen molar-refractivity contribution in [2.75, 3.05) is 32.7 Å². The number of likely N-dealkylation sites (tertiary alicyclic amines) is 1. The Hall–Kier alpha value is -0.0800. The second-order valence-electron chi connectivity index (χ2n) is 6.05. The van der Waals surface area contributed by atoms with Gasteiger partial charge in [0.1, 0.15) is 0 Å². The number of rotatable bonds is 9. The van der Waals surface area contributed by atoms with Crippen LogP contribution < -0.4 is 5.32 Å². The Morgan fingerprint density at radius 1 is 1.29 bits per heavy atom. The standard InChI is InChI=1S/C15H32N2/c1-4-7-15-8-11-17(13-15)10-6-5-9-16-12-14(2)3/h14-16H,4-13H2,1-3H3. The molecule has 0 aliphatic carbocycles. The first-order valence-corrected chi connectivity index (χ1v) is 7.65. The number of unbranched alkanes of at least 4 members (excludes halogenated alkanes) is 1. The lowest BCUT2D eigenvalue weighted by Crippen LogP contribution is -2.24. The van der Waals surface area contributed by atoms with Crippen molar-refractivity contribution in [1.82, 2.24) is 10.2 Å². The zero-order valence-electron chi connectivity index (χ0n) is 12.2. The topological polar surface area (TPSA) is 15.3 Å². The van der Waals surface area contributed by atoms with Crippen molar-refractivity contribution in [3.8, 4) is 0 Å². The maximum absolute atomic E-state index is 3.52. The molecule has 0 radical (unpaired) electrons. The average molecular weight is 240 g/mol. The van der Waals surface area contributed by atoms with Gasteiger partial charge in [-0.3, -0.25) is 0 Å². The number of nitrogens with one attached hydrogen (secondary N) is 1. The normalized spacial score (nSPS) is 21.5. The Labute approximate surface area is 108 Å². The minimum atomic E-state index is 0.781. The third-order valence-corrected chi connectivity index (χ3v) is 3.70. The van der Waals surface area contributed by atoms with E-state index in [9.17, 15) is 0 Å². The minimum Gasteiger partial charge on any atom is -0.316 e. The summed E-state index contributed by atoms with van der Waals surface area (Å²) in [6.07, 6.45) is 6.94. The van der Waals surface area contributed by atoms with Gasteiger partial charge in [-0.15, -0.1) is 0 Å². The first-order valence-electron chi connectivity index (χ1n) is 7.65.